The molecule has 1 saturated heterocycles. The van der Waals surface area contributed by atoms with E-state index in [1.807, 2.05) is 12.1 Å². The lowest BCUT2D eigenvalue weighted by Gasteiger charge is -2.29. The van der Waals surface area contributed by atoms with Gasteiger partial charge >= 0.3 is 0 Å². The Morgan fingerprint density at radius 3 is 1.61 bits per heavy atom. The average Bonchev–Trinajstić information content (AvgIpc) is 3.65. The second-order valence-electron chi connectivity index (χ2n) is 11.8. The zero-order valence-electron chi connectivity index (χ0n) is 23.2. The van der Waals surface area contributed by atoms with Gasteiger partial charge in [-0.05, 0) is 36.3 Å². The zero-order valence-corrected chi connectivity index (χ0v) is 23.2. The zero-order chi connectivity index (χ0) is 25.9. The first-order chi connectivity index (χ1) is 18.8. The summed E-state index contributed by atoms with van der Waals surface area (Å²) in [6.07, 6.45) is 16.9. The number of ether oxygens (including phenoxy) is 4. The van der Waals surface area contributed by atoms with Crippen LogP contribution in [-0.2, 0) is 32.2 Å². The van der Waals surface area contributed by atoms with Crippen LogP contribution in [0.15, 0.2) is 60.7 Å². The minimum Gasteiger partial charge on any atom is -0.374 e. The van der Waals surface area contributed by atoms with Gasteiger partial charge in [0.05, 0.1) is 26.4 Å². The molecule has 4 unspecified atom stereocenters. The fourth-order valence-electron chi connectivity index (χ4n) is 6.48. The SMILES string of the molecule is c1ccc(COCC2OC3(CCCCCCCCCCCCC4CC43)OC2COCc2ccccc2)cc1. The second-order valence-corrected chi connectivity index (χ2v) is 11.8. The molecule has 1 aliphatic heterocycles. The van der Waals surface area contributed by atoms with Crippen molar-refractivity contribution >= 4 is 0 Å². The summed E-state index contributed by atoms with van der Waals surface area (Å²) in [5, 5.41) is 0. The monoisotopic (exact) mass is 520 g/mol. The van der Waals surface area contributed by atoms with E-state index >= 15 is 0 Å². The normalized spacial score (nSPS) is 30.8. The van der Waals surface area contributed by atoms with Crippen LogP contribution in [0.25, 0.3) is 0 Å². The van der Waals surface area contributed by atoms with Gasteiger partial charge in [-0.15, -0.1) is 0 Å². The van der Waals surface area contributed by atoms with Gasteiger partial charge in [-0.25, -0.2) is 0 Å². The molecule has 1 heterocycles. The number of hydrogen-bond donors (Lipinski definition) is 0. The van der Waals surface area contributed by atoms with Crippen molar-refractivity contribution in [1.82, 2.24) is 0 Å². The van der Waals surface area contributed by atoms with Crippen LogP contribution < -0.4 is 0 Å². The van der Waals surface area contributed by atoms with Crippen LogP contribution in [0.5, 0.6) is 0 Å². The van der Waals surface area contributed by atoms with Gasteiger partial charge in [-0.2, -0.15) is 0 Å². The molecule has 0 bridgehead atoms. The van der Waals surface area contributed by atoms with Gasteiger partial charge in [-0.1, -0.05) is 118 Å². The Morgan fingerprint density at radius 1 is 0.605 bits per heavy atom. The summed E-state index contributed by atoms with van der Waals surface area (Å²) in [5.74, 6) is 0.797. The largest absolute Gasteiger partial charge is 0.374 e. The molecule has 4 nitrogen and oxygen atoms in total. The molecule has 3 fully saturated rings. The van der Waals surface area contributed by atoms with E-state index in [1.54, 1.807) is 0 Å². The van der Waals surface area contributed by atoms with E-state index in [0.29, 0.717) is 32.3 Å². The lowest BCUT2D eigenvalue weighted by molar-refractivity contribution is -0.205. The third-order valence-corrected chi connectivity index (χ3v) is 8.74. The van der Waals surface area contributed by atoms with Crippen LogP contribution in [-0.4, -0.2) is 31.2 Å². The standard InChI is InChI=1S/C34H48O4/c1-2-4-6-8-16-22-34(31-23-30(31)21-15-7-5-3-1)37-32(26-35-24-28-17-11-9-12-18-28)33(38-34)27-36-25-29-19-13-10-14-20-29/h9-14,17-20,30-33H,1-8,15-16,21-27H2. The maximum atomic E-state index is 6.95. The van der Waals surface area contributed by atoms with Crippen LogP contribution >= 0.6 is 0 Å². The summed E-state index contributed by atoms with van der Waals surface area (Å²) in [5.41, 5.74) is 2.38. The number of hydrogen-bond acceptors (Lipinski definition) is 4. The van der Waals surface area contributed by atoms with E-state index in [1.165, 1.54) is 88.2 Å². The Hall–Kier alpha value is -1.72. The average molecular weight is 521 g/mol. The predicted molar refractivity (Wildman–Crippen MR) is 152 cm³/mol. The summed E-state index contributed by atoms with van der Waals surface area (Å²) in [7, 11) is 0. The second kappa shape index (κ2) is 14.6. The number of fused-ring (bicyclic) bond motifs is 2. The lowest BCUT2D eigenvalue weighted by Crippen LogP contribution is -2.35. The highest BCUT2D eigenvalue weighted by molar-refractivity contribution is 5.14. The molecule has 3 aliphatic rings. The molecule has 5 rings (SSSR count). The van der Waals surface area contributed by atoms with Crippen LogP contribution in [0.3, 0.4) is 0 Å². The van der Waals surface area contributed by atoms with E-state index in [2.05, 4.69) is 48.5 Å². The van der Waals surface area contributed by atoms with E-state index in [0.717, 1.165) is 12.3 Å². The molecule has 2 aliphatic carbocycles. The highest BCUT2D eigenvalue weighted by Crippen LogP contribution is 2.56. The highest BCUT2D eigenvalue weighted by atomic mass is 16.8. The topological polar surface area (TPSA) is 36.9 Å². The third kappa shape index (κ3) is 8.14. The van der Waals surface area contributed by atoms with E-state index in [4.69, 9.17) is 18.9 Å². The van der Waals surface area contributed by atoms with Crippen molar-refractivity contribution < 1.29 is 18.9 Å². The molecule has 4 heteroatoms. The molecule has 2 saturated carbocycles. The Morgan fingerprint density at radius 2 is 1.08 bits per heavy atom. The molecule has 208 valence electrons. The minimum absolute atomic E-state index is 0.0992. The van der Waals surface area contributed by atoms with Crippen LogP contribution in [0.1, 0.15) is 94.6 Å². The van der Waals surface area contributed by atoms with Crippen LogP contribution in [0.4, 0.5) is 0 Å². The predicted octanol–water partition coefficient (Wildman–Crippen LogP) is 8.23. The fourth-order valence-corrected chi connectivity index (χ4v) is 6.48. The Bertz CT molecular complexity index is 863. The number of benzene rings is 2. The van der Waals surface area contributed by atoms with Gasteiger partial charge in [0.25, 0.3) is 0 Å². The Labute approximate surface area is 230 Å². The molecule has 0 amide bonds. The molecule has 4 atom stereocenters. The number of rotatable bonds is 8. The van der Waals surface area contributed by atoms with Gasteiger partial charge < -0.3 is 18.9 Å². The summed E-state index contributed by atoms with van der Waals surface area (Å²) in [4.78, 5) is 0. The van der Waals surface area contributed by atoms with Crippen molar-refractivity contribution in [3.05, 3.63) is 71.8 Å². The first-order valence-electron chi connectivity index (χ1n) is 15.4. The van der Waals surface area contributed by atoms with Crippen molar-refractivity contribution in [2.75, 3.05) is 13.2 Å². The van der Waals surface area contributed by atoms with Gasteiger partial charge in [-0.3, -0.25) is 0 Å². The van der Waals surface area contributed by atoms with Crippen molar-refractivity contribution in [3.8, 4) is 0 Å². The van der Waals surface area contributed by atoms with Gasteiger partial charge in [0.15, 0.2) is 5.79 Å². The van der Waals surface area contributed by atoms with Crippen molar-refractivity contribution in [3.63, 3.8) is 0 Å². The van der Waals surface area contributed by atoms with Gasteiger partial charge in [0.2, 0.25) is 0 Å². The lowest BCUT2D eigenvalue weighted by atomic mass is 9.99. The molecule has 0 aromatic heterocycles. The quantitative estimate of drug-likeness (QED) is 0.351. The first kappa shape index (κ1) is 27.8. The molecule has 2 aromatic rings. The van der Waals surface area contributed by atoms with Gasteiger partial charge in [0, 0.05) is 12.3 Å². The van der Waals surface area contributed by atoms with E-state index in [-0.39, 0.29) is 12.2 Å². The molecule has 2 aromatic carbocycles. The first-order valence-corrected chi connectivity index (χ1v) is 15.4. The molecular formula is C34H48O4. The Balaban J connectivity index is 1.23. The van der Waals surface area contributed by atoms with Crippen LogP contribution in [0, 0.1) is 11.8 Å². The smallest absolute Gasteiger partial charge is 0.172 e. The molecule has 38 heavy (non-hydrogen) atoms. The van der Waals surface area contributed by atoms with E-state index < -0.39 is 5.79 Å². The molecule has 1 spiro atoms. The third-order valence-electron chi connectivity index (χ3n) is 8.74. The Kier molecular flexibility index (Phi) is 10.7. The van der Waals surface area contributed by atoms with Crippen molar-refractivity contribution in [2.24, 2.45) is 11.8 Å². The maximum absolute atomic E-state index is 6.95. The maximum Gasteiger partial charge on any atom is 0.172 e. The summed E-state index contributed by atoms with van der Waals surface area (Å²) in [6.45, 7) is 2.26. The highest BCUT2D eigenvalue weighted by Gasteiger charge is 2.59. The molecule has 0 radical (unpaired) electrons. The molecule has 0 N–H and O–H groups in total. The minimum atomic E-state index is -0.466. The van der Waals surface area contributed by atoms with Crippen LogP contribution in [0.2, 0.25) is 0 Å². The fraction of sp³-hybridized carbons (Fsp3) is 0.647. The van der Waals surface area contributed by atoms with Crippen molar-refractivity contribution in [1.29, 1.82) is 0 Å². The van der Waals surface area contributed by atoms with E-state index in [9.17, 15) is 0 Å². The van der Waals surface area contributed by atoms with Gasteiger partial charge in [0.1, 0.15) is 12.2 Å². The molecular weight excluding hydrogens is 472 g/mol. The summed E-state index contributed by atoms with van der Waals surface area (Å²) < 4.78 is 26.3. The van der Waals surface area contributed by atoms with Crippen molar-refractivity contribution in [2.45, 2.75) is 115 Å². The summed E-state index contributed by atoms with van der Waals surface area (Å²) >= 11 is 0. The summed E-state index contributed by atoms with van der Waals surface area (Å²) in [6, 6.07) is 20.8.